The third-order valence-electron chi connectivity index (χ3n) is 4.38. The largest absolute Gasteiger partial charge is 0.485 e. The van der Waals surface area contributed by atoms with E-state index in [1.165, 1.54) is 12.8 Å². The summed E-state index contributed by atoms with van der Waals surface area (Å²) in [6.07, 6.45) is 2.51. The summed E-state index contributed by atoms with van der Waals surface area (Å²) in [5.41, 5.74) is 0.622. The van der Waals surface area contributed by atoms with E-state index in [2.05, 4.69) is 27.3 Å². The number of likely N-dealkylation sites (tertiary alicyclic amines) is 1. The molecule has 1 aliphatic rings. The van der Waals surface area contributed by atoms with Crippen LogP contribution in [0.2, 0.25) is 0 Å². The fraction of sp³-hybridized carbons (Fsp3) is 0.500. The first-order chi connectivity index (χ1) is 12.1. The van der Waals surface area contributed by atoms with Crippen LogP contribution in [0.4, 0.5) is 0 Å². The highest BCUT2D eigenvalue weighted by Crippen LogP contribution is 2.14. The Bertz CT molecular complexity index is 693. The van der Waals surface area contributed by atoms with Gasteiger partial charge < -0.3 is 14.6 Å². The van der Waals surface area contributed by atoms with Gasteiger partial charge in [-0.05, 0) is 57.1 Å². The van der Waals surface area contributed by atoms with Crippen LogP contribution in [-0.4, -0.2) is 46.6 Å². The van der Waals surface area contributed by atoms with Gasteiger partial charge in [-0.25, -0.2) is 0 Å². The Balaban J connectivity index is 1.46. The molecule has 1 aliphatic heterocycles. The maximum absolute atomic E-state index is 12.3. The number of nitrogens with one attached hydrogen (secondary N) is 1. The second-order valence-corrected chi connectivity index (χ2v) is 6.34. The molecule has 2 heterocycles. The number of rotatable bonds is 7. The van der Waals surface area contributed by atoms with Crippen molar-refractivity contribution < 1.29 is 14.1 Å². The molecule has 1 atom stereocenters. The molecule has 1 aromatic heterocycles. The summed E-state index contributed by atoms with van der Waals surface area (Å²) in [5, 5.41) is 6.77. The number of carbonyl (C=O) groups excluding carboxylic acids is 1. The fourth-order valence-corrected chi connectivity index (χ4v) is 2.90. The van der Waals surface area contributed by atoms with Gasteiger partial charge in [0.05, 0.1) is 0 Å². The van der Waals surface area contributed by atoms with Gasteiger partial charge in [0.2, 0.25) is 11.7 Å². The second kappa shape index (κ2) is 8.11. The summed E-state index contributed by atoms with van der Waals surface area (Å²) in [4.78, 5) is 18.7. The number of benzene rings is 1. The Hall–Kier alpha value is -2.41. The molecule has 0 radical (unpaired) electrons. The van der Waals surface area contributed by atoms with E-state index in [4.69, 9.17) is 9.26 Å². The molecule has 1 N–H and O–H groups in total. The van der Waals surface area contributed by atoms with E-state index in [0.29, 0.717) is 35.6 Å². The summed E-state index contributed by atoms with van der Waals surface area (Å²) >= 11 is 0. The number of amides is 1. The molecule has 25 heavy (non-hydrogen) atoms. The van der Waals surface area contributed by atoms with Crippen molar-refractivity contribution in [3.8, 4) is 5.75 Å². The number of aromatic nitrogens is 2. The minimum Gasteiger partial charge on any atom is -0.485 e. The second-order valence-electron chi connectivity index (χ2n) is 6.34. The quantitative estimate of drug-likeness (QED) is 0.829. The molecule has 7 heteroatoms. The molecule has 1 saturated heterocycles. The standard InChI is InChI=1S/C18H24N4O3/c1-13(22-9-3-4-10-22)11-19-18(23)15-5-7-16(8-6-15)24-12-17-20-14(2)25-21-17/h5-8,13H,3-4,9-12H2,1-2H3,(H,19,23). The Labute approximate surface area is 147 Å². The van der Waals surface area contributed by atoms with Gasteiger partial charge in [0.25, 0.3) is 5.91 Å². The lowest BCUT2D eigenvalue weighted by molar-refractivity contribution is 0.0940. The highest BCUT2D eigenvalue weighted by molar-refractivity contribution is 5.94. The van der Waals surface area contributed by atoms with Crippen molar-refractivity contribution in [2.24, 2.45) is 0 Å². The van der Waals surface area contributed by atoms with Crippen molar-refractivity contribution >= 4 is 5.91 Å². The summed E-state index contributed by atoms with van der Waals surface area (Å²) in [7, 11) is 0. The topological polar surface area (TPSA) is 80.5 Å². The average molecular weight is 344 g/mol. The molecule has 7 nitrogen and oxygen atoms in total. The number of hydrogen-bond donors (Lipinski definition) is 1. The smallest absolute Gasteiger partial charge is 0.251 e. The summed E-state index contributed by atoms with van der Waals surface area (Å²) in [6.45, 7) is 7.03. The van der Waals surface area contributed by atoms with E-state index in [9.17, 15) is 4.79 Å². The van der Waals surface area contributed by atoms with Crippen molar-refractivity contribution in [2.75, 3.05) is 19.6 Å². The third-order valence-corrected chi connectivity index (χ3v) is 4.38. The lowest BCUT2D eigenvalue weighted by Crippen LogP contribution is -2.40. The molecule has 134 valence electrons. The predicted molar refractivity (Wildman–Crippen MR) is 92.4 cm³/mol. The van der Waals surface area contributed by atoms with E-state index in [0.717, 1.165) is 13.1 Å². The molecule has 1 aromatic carbocycles. The van der Waals surface area contributed by atoms with E-state index >= 15 is 0 Å². The molecule has 0 bridgehead atoms. The number of aryl methyl sites for hydroxylation is 1. The molecule has 0 saturated carbocycles. The SMILES string of the molecule is Cc1nc(COc2ccc(C(=O)NCC(C)N3CCCC3)cc2)no1. The van der Waals surface area contributed by atoms with Crippen LogP contribution in [0.3, 0.4) is 0 Å². The maximum atomic E-state index is 12.3. The third kappa shape index (κ3) is 4.79. The zero-order valence-electron chi connectivity index (χ0n) is 14.7. The summed E-state index contributed by atoms with van der Waals surface area (Å²) in [5.74, 6) is 1.60. The van der Waals surface area contributed by atoms with Gasteiger partial charge >= 0.3 is 0 Å². The van der Waals surface area contributed by atoms with Crippen molar-refractivity contribution in [2.45, 2.75) is 39.3 Å². The molecule has 3 rings (SSSR count). The first-order valence-electron chi connectivity index (χ1n) is 8.66. The highest BCUT2D eigenvalue weighted by Gasteiger charge is 2.18. The lowest BCUT2D eigenvalue weighted by atomic mass is 10.2. The van der Waals surface area contributed by atoms with E-state index in [-0.39, 0.29) is 12.5 Å². The van der Waals surface area contributed by atoms with Crippen molar-refractivity contribution in [3.63, 3.8) is 0 Å². The summed E-state index contributed by atoms with van der Waals surface area (Å²) < 4.78 is 10.5. The van der Waals surface area contributed by atoms with Gasteiger partial charge in [-0.1, -0.05) is 5.16 Å². The van der Waals surface area contributed by atoms with E-state index < -0.39 is 0 Å². The minimum absolute atomic E-state index is 0.0635. The van der Waals surface area contributed by atoms with Gasteiger partial charge in [0.15, 0.2) is 6.61 Å². The molecule has 0 spiro atoms. The minimum atomic E-state index is -0.0635. The zero-order valence-corrected chi connectivity index (χ0v) is 14.7. The lowest BCUT2D eigenvalue weighted by Gasteiger charge is -2.23. The normalized spacial score (nSPS) is 15.9. The Kier molecular flexibility index (Phi) is 5.65. The number of hydrogen-bond acceptors (Lipinski definition) is 6. The van der Waals surface area contributed by atoms with Gasteiger partial charge in [-0.15, -0.1) is 0 Å². The monoisotopic (exact) mass is 344 g/mol. The molecule has 1 unspecified atom stereocenters. The van der Waals surface area contributed by atoms with Crippen molar-refractivity contribution in [1.29, 1.82) is 0 Å². The highest BCUT2D eigenvalue weighted by atomic mass is 16.5. The van der Waals surface area contributed by atoms with Crippen LogP contribution in [0.15, 0.2) is 28.8 Å². The number of carbonyl (C=O) groups is 1. The van der Waals surface area contributed by atoms with Crippen LogP contribution in [0, 0.1) is 6.92 Å². The number of nitrogens with zero attached hydrogens (tertiary/aromatic N) is 3. The molecule has 0 aliphatic carbocycles. The zero-order chi connectivity index (χ0) is 17.6. The first kappa shape index (κ1) is 17.4. The van der Waals surface area contributed by atoms with Crippen molar-refractivity contribution in [3.05, 3.63) is 41.5 Å². The van der Waals surface area contributed by atoms with Crippen LogP contribution in [0.25, 0.3) is 0 Å². The molecule has 2 aromatic rings. The van der Waals surface area contributed by atoms with E-state index in [1.54, 1.807) is 31.2 Å². The van der Waals surface area contributed by atoms with Crippen LogP contribution < -0.4 is 10.1 Å². The van der Waals surface area contributed by atoms with E-state index in [1.807, 2.05) is 0 Å². The predicted octanol–water partition coefficient (Wildman–Crippen LogP) is 2.17. The van der Waals surface area contributed by atoms with Gasteiger partial charge in [-0.2, -0.15) is 4.98 Å². The maximum Gasteiger partial charge on any atom is 0.251 e. The van der Waals surface area contributed by atoms with Gasteiger partial charge in [0.1, 0.15) is 5.75 Å². The van der Waals surface area contributed by atoms with Crippen LogP contribution in [-0.2, 0) is 6.61 Å². The molecular weight excluding hydrogens is 320 g/mol. The summed E-state index contributed by atoms with van der Waals surface area (Å²) in [6, 6.07) is 7.42. The van der Waals surface area contributed by atoms with Gasteiger partial charge in [0, 0.05) is 25.1 Å². The molecule has 1 fully saturated rings. The Morgan fingerprint density at radius 1 is 1.32 bits per heavy atom. The first-order valence-corrected chi connectivity index (χ1v) is 8.66. The molecular formula is C18H24N4O3. The average Bonchev–Trinajstić information content (AvgIpc) is 3.30. The molecule has 1 amide bonds. The van der Waals surface area contributed by atoms with Crippen LogP contribution in [0.5, 0.6) is 5.75 Å². The number of ether oxygens (including phenoxy) is 1. The van der Waals surface area contributed by atoms with Crippen LogP contribution >= 0.6 is 0 Å². The Morgan fingerprint density at radius 3 is 2.68 bits per heavy atom. The Morgan fingerprint density at radius 2 is 2.04 bits per heavy atom. The van der Waals surface area contributed by atoms with Crippen LogP contribution in [0.1, 0.15) is 41.8 Å². The fourth-order valence-electron chi connectivity index (χ4n) is 2.90. The van der Waals surface area contributed by atoms with Gasteiger partial charge in [-0.3, -0.25) is 9.69 Å². The van der Waals surface area contributed by atoms with Crippen molar-refractivity contribution in [1.82, 2.24) is 20.4 Å².